The minimum atomic E-state index is -0.0981. The van der Waals surface area contributed by atoms with Crippen molar-refractivity contribution in [3.63, 3.8) is 0 Å². The van der Waals surface area contributed by atoms with Crippen LogP contribution in [-0.4, -0.2) is 22.8 Å². The first kappa shape index (κ1) is 11.6. The van der Waals surface area contributed by atoms with Gasteiger partial charge >= 0.3 is 0 Å². The summed E-state index contributed by atoms with van der Waals surface area (Å²) in [4.78, 5) is 4.37. The molecule has 1 aromatic rings. The molecule has 0 amide bonds. The van der Waals surface area contributed by atoms with E-state index in [0.717, 1.165) is 18.8 Å². The van der Waals surface area contributed by atoms with Crippen LogP contribution in [0.15, 0.2) is 12.4 Å². The van der Waals surface area contributed by atoms with Gasteiger partial charge in [0, 0.05) is 26.0 Å². The van der Waals surface area contributed by atoms with Crippen LogP contribution in [0.1, 0.15) is 38.1 Å². The van der Waals surface area contributed by atoms with Crippen LogP contribution in [0.3, 0.4) is 0 Å². The molecule has 0 radical (unpaired) electrons. The SMILES string of the molecule is CCCn1ccnc1C(N)C(OC)C1CC1. The van der Waals surface area contributed by atoms with Crippen LogP contribution in [0.2, 0.25) is 0 Å². The van der Waals surface area contributed by atoms with Crippen molar-refractivity contribution in [2.45, 2.75) is 44.9 Å². The van der Waals surface area contributed by atoms with E-state index in [0.29, 0.717) is 5.92 Å². The molecule has 4 heteroatoms. The lowest BCUT2D eigenvalue weighted by atomic mass is 10.1. The molecule has 1 aromatic heterocycles. The van der Waals surface area contributed by atoms with E-state index in [-0.39, 0.29) is 12.1 Å². The van der Waals surface area contributed by atoms with Gasteiger partial charge in [0.15, 0.2) is 0 Å². The molecule has 1 heterocycles. The molecule has 2 atom stereocenters. The lowest BCUT2D eigenvalue weighted by Gasteiger charge is -2.22. The van der Waals surface area contributed by atoms with E-state index in [9.17, 15) is 0 Å². The van der Waals surface area contributed by atoms with E-state index < -0.39 is 0 Å². The maximum Gasteiger partial charge on any atom is 0.128 e. The van der Waals surface area contributed by atoms with Crippen molar-refractivity contribution >= 4 is 0 Å². The first-order valence-electron chi connectivity index (χ1n) is 6.07. The van der Waals surface area contributed by atoms with E-state index in [1.807, 2.05) is 12.4 Å². The molecule has 0 aromatic carbocycles. The topological polar surface area (TPSA) is 53.1 Å². The molecule has 2 unspecified atom stereocenters. The van der Waals surface area contributed by atoms with E-state index in [1.165, 1.54) is 12.8 Å². The quantitative estimate of drug-likeness (QED) is 0.799. The third-order valence-electron chi connectivity index (χ3n) is 3.22. The zero-order valence-electron chi connectivity index (χ0n) is 10.1. The summed E-state index contributed by atoms with van der Waals surface area (Å²) < 4.78 is 7.65. The van der Waals surface area contributed by atoms with E-state index in [2.05, 4.69) is 16.5 Å². The van der Waals surface area contributed by atoms with Crippen molar-refractivity contribution < 1.29 is 4.74 Å². The summed E-state index contributed by atoms with van der Waals surface area (Å²) >= 11 is 0. The van der Waals surface area contributed by atoms with Gasteiger partial charge in [-0.2, -0.15) is 0 Å². The van der Waals surface area contributed by atoms with Gasteiger partial charge in [-0.15, -0.1) is 0 Å². The van der Waals surface area contributed by atoms with Crippen molar-refractivity contribution in [2.24, 2.45) is 11.7 Å². The van der Waals surface area contributed by atoms with Crippen LogP contribution in [0, 0.1) is 5.92 Å². The molecule has 0 saturated heterocycles. The first-order valence-corrected chi connectivity index (χ1v) is 6.07. The van der Waals surface area contributed by atoms with Crippen molar-refractivity contribution in [1.29, 1.82) is 0 Å². The highest BCUT2D eigenvalue weighted by molar-refractivity contribution is 5.04. The summed E-state index contributed by atoms with van der Waals surface area (Å²) in [6, 6.07) is -0.0981. The van der Waals surface area contributed by atoms with Crippen molar-refractivity contribution in [1.82, 2.24) is 9.55 Å². The van der Waals surface area contributed by atoms with Crippen LogP contribution < -0.4 is 5.73 Å². The Morgan fingerprint density at radius 3 is 2.94 bits per heavy atom. The summed E-state index contributed by atoms with van der Waals surface area (Å²) in [7, 11) is 1.75. The normalized spacial score (nSPS) is 19.7. The molecular formula is C12H21N3O. The van der Waals surface area contributed by atoms with Crippen molar-refractivity contribution in [3.05, 3.63) is 18.2 Å². The lowest BCUT2D eigenvalue weighted by molar-refractivity contribution is 0.0590. The fourth-order valence-electron chi connectivity index (χ4n) is 2.25. The number of hydrogen-bond donors (Lipinski definition) is 1. The molecule has 16 heavy (non-hydrogen) atoms. The maximum atomic E-state index is 6.26. The van der Waals surface area contributed by atoms with Gasteiger partial charge in [0.25, 0.3) is 0 Å². The van der Waals surface area contributed by atoms with Gasteiger partial charge in [0.2, 0.25) is 0 Å². The van der Waals surface area contributed by atoms with E-state index in [4.69, 9.17) is 10.5 Å². The zero-order chi connectivity index (χ0) is 11.5. The summed E-state index contributed by atoms with van der Waals surface area (Å²) in [5.41, 5.74) is 6.26. The Kier molecular flexibility index (Phi) is 3.61. The van der Waals surface area contributed by atoms with E-state index in [1.54, 1.807) is 7.11 Å². The third kappa shape index (κ3) is 2.28. The Morgan fingerprint density at radius 2 is 2.38 bits per heavy atom. The van der Waals surface area contributed by atoms with Crippen molar-refractivity contribution in [2.75, 3.05) is 7.11 Å². The largest absolute Gasteiger partial charge is 0.379 e. The highest BCUT2D eigenvalue weighted by atomic mass is 16.5. The van der Waals surface area contributed by atoms with Gasteiger partial charge in [-0.3, -0.25) is 0 Å². The van der Waals surface area contributed by atoms with E-state index >= 15 is 0 Å². The van der Waals surface area contributed by atoms with Crippen LogP contribution in [0.4, 0.5) is 0 Å². The molecular weight excluding hydrogens is 202 g/mol. The maximum absolute atomic E-state index is 6.26. The van der Waals surface area contributed by atoms with Gasteiger partial charge in [0.1, 0.15) is 5.82 Å². The molecule has 90 valence electrons. The third-order valence-corrected chi connectivity index (χ3v) is 3.22. The number of imidazole rings is 1. The zero-order valence-corrected chi connectivity index (χ0v) is 10.1. The van der Waals surface area contributed by atoms with Crippen LogP contribution >= 0.6 is 0 Å². The first-order chi connectivity index (χ1) is 7.77. The molecule has 0 spiro atoms. The highest BCUT2D eigenvalue weighted by Gasteiger charge is 2.37. The molecule has 0 aliphatic heterocycles. The number of rotatable bonds is 6. The average molecular weight is 223 g/mol. The Morgan fingerprint density at radius 1 is 1.62 bits per heavy atom. The van der Waals surface area contributed by atoms with Gasteiger partial charge in [-0.05, 0) is 25.2 Å². The number of aryl methyl sites for hydroxylation is 1. The Bertz CT molecular complexity index is 333. The van der Waals surface area contributed by atoms with Crippen LogP contribution in [-0.2, 0) is 11.3 Å². The number of nitrogens with two attached hydrogens (primary N) is 1. The molecule has 1 aliphatic rings. The molecule has 1 saturated carbocycles. The molecule has 2 N–H and O–H groups in total. The molecule has 0 bridgehead atoms. The molecule has 2 rings (SSSR count). The monoisotopic (exact) mass is 223 g/mol. The highest BCUT2D eigenvalue weighted by Crippen LogP contribution is 2.38. The van der Waals surface area contributed by atoms with Gasteiger partial charge < -0.3 is 15.0 Å². The predicted molar refractivity (Wildman–Crippen MR) is 63.0 cm³/mol. The standard InChI is InChI=1S/C12H21N3O/c1-3-7-15-8-6-14-12(15)10(13)11(16-2)9-4-5-9/h6,8-11H,3-5,7,13H2,1-2H3. The number of aromatic nitrogens is 2. The number of methoxy groups -OCH3 is 1. The number of hydrogen-bond acceptors (Lipinski definition) is 3. The van der Waals surface area contributed by atoms with Gasteiger partial charge in [-0.1, -0.05) is 6.92 Å². The lowest BCUT2D eigenvalue weighted by Crippen LogP contribution is -2.32. The summed E-state index contributed by atoms with van der Waals surface area (Å²) in [5.74, 6) is 1.59. The van der Waals surface area contributed by atoms with Crippen molar-refractivity contribution in [3.8, 4) is 0 Å². The minimum absolute atomic E-state index is 0.0981. The molecule has 1 fully saturated rings. The molecule has 1 aliphatic carbocycles. The Balaban J connectivity index is 2.11. The van der Waals surface area contributed by atoms with Gasteiger partial charge in [-0.25, -0.2) is 4.98 Å². The van der Waals surface area contributed by atoms with Crippen LogP contribution in [0.25, 0.3) is 0 Å². The Labute approximate surface area is 96.8 Å². The minimum Gasteiger partial charge on any atom is -0.379 e. The fourth-order valence-corrected chi connectivity index (χ4v) is 2.25. The second-order valence-electron chi connectivity index (χ2n) is 4.54. The summed E-state index contributed by atoms with van der Waals surface area (Å²) in [6.45, 7) is 3.13. The number of ether oxygens (including phenoxy) is 1. The molecule has 4 nitrogen and oxygen atoms in total. The number of nitrogens with zero attached hydrogens (tertiary/aromatic N) is 2. The fraction of sp³-hybridized carbons (Fsp3) is 0.750. The second-order valence-corrected chi connectivity index (χ2v) is 4.54. The summed E-state index contributed by atoms with van der Waals surface area (Å²) in [5, 5.41) is 0. The van der Waals surface area contributed by atoms with Crippen LogP contribution in [0.5, 0.6) is 0 Å². The average Bonchev–Trinajstić information content (AvgIpc) is 2.99. The summed E-state index contributed by atoms with van der Waals surface area (Å²) in [6.07, 6.45) is 7.51. The predicted octanol–water partition coefficient (Wildman–Crippen LogP) is 1.72. The van der Waals surface area contributed by atoms with Gasteiger partial charge in [0.05, 0.1) is 12.1 Å². The second kappa shape index (κ2) is 4.97. The smallest absolute Gasteiger partial charge is 0.128 e. The Hall–Kier alpha value is -0.870.